The van der Waals surface area contributed by atoms with Crippen molar-refractivity contribution >= 4 is 0 Å². The van der Waals surface area contributed by atoms with E-state index in [0.29, 0.717) is 17.4 Å². The highest BCUT2D eigenvalue weighted by Gasteiger charge is 2.42. The topological polar surface area (TPSA) is 47.9 Å². The maximum Gasteiger partial charge on any atom is 0.326 e. The second kappa shape index (κ2) is 15.2. The second-order valence-corrected chi connectivity index (χ2v) is 19.6. The van der Waals surface area contributed by atoms with Crippen LogP contribution in [0.1, 0.15) is 72.6 Å². The van der Waals surface area contributed by atoms with Crippen molar-refractivity contribution < 1.29 is 4.74 Å². The molecule has 9 aromatic carbocycles. The van der Waals surface area contributed by atoms with E-state index in [1.165, 1.54) is 72.3 Å². The number of ether oxygens (including phenoxy) is 1. The van der Waals surface area contributed by atoms with Gasteiger partial charge in [-0.05, 0) is 119 Å². The Hall–Kier alpha value is -8.21. The predicted octanol–water partition coefficient (Wildman–Crippen LogP) is 16.1. The van der Waals surface area contributed by atoms with E-state index in [2.05, 4.69) is 222 Å². The van der Waals surface area contributed by atoms with Crippen molar-refractivity contribution in [2.45, 2.75) is 44.4 Å². The summed E-state index contributed by atoms with van der Waals surface area (Å²) in [6, 6.07) is 74.3. The molecule has 1 aromatic heterocycles. The Bertz CT molecular complexity index is 3400. The summed E-state index contributed by atoms with van der Waals surface area (Å²) in [5, 5.41) is 0. The van der Waals surface area contributed by atoms with Crippen LogP contribution in [0.2, 0.25) is 0 Å². The standard InChI is InChI=1S/C64H47N3O/c1-63(2)55-21-13-11-19-47(55)51-35-49-50-36-52-48-20-12-14-22-56(48)64(3,4)58(52)38-54(50)59(53(49)37-57(51)63)43-31-33-46(34-32-43)68-62-66-60(44-27-23-41(24-28-44)39-15-7-5-8-16-39)65-61(67-62)45-29-25-42(26-30-45)40-17-9-6-10-18-40/h5-38,59H,1-4H3. The van der Waals surface area contributed by atoms with Crippen molar-refractivity contribution in [2.75, 3.05) is 0 Å². The smallest absolute Gasteiger partial charge is 0.326 e. The summed E-state index contributed by atoms with van der Waals surface area (Å²) < 4.78 is 6.63. The van der Waals surface area contributed by atoms with Gasteiger partial charge in [0.2, 0.25) is 0 Å². The quantitative estimate of drug-likeness (QED) is 0.160. The zero-order valence-electron chi connectivity index (χ0n) is 38.5. The van der Waals surface area contributed by atoms with Crippen LogP contribution in [0, 0.1) is 0 Å². The van der Waals surface area contributed by atoms with Gasteiger partial charge in [0.15, 0.2) is 11.6 Å². The van der Waals surface area contributed by atoms with Gasteiger partial charge in [0.05, 0.1) is 0 Å². The van der Waals surface area contributed by atoms with E-state index < -0.39 is 0 Å². The molecule has 10 aromatic rings. The average molecular weight is 874 g/mol. The Kier molecular flexibility index (Phi) is 8.94. The molecule has 0 aliphatic heterocycles. The summed E-state index contributed by atoms with van der Waals surface area (Å²) in [6.07, 6.45) is 0. The van der Waals surface area contributed by atoms with Crippen LogP contribution < -0.4 is 4.74 Å². The number of benzene rings is 9. The normalized spacial score (nSPS) is 14.4. The lowest BCUT2D eigenvalue weighted by molar-refractivity contribution is 0.441. The van der Waals surface area contributed by atoms with E-state index in [-0.39, 0.29) is 22.8 Å². The highest BCUT2D eigenvalue weighted by molar-refractivity contribution is 5.94. The molecule has 13 rings (SSSR count). The van der Waals surface area contributed by atoms with Gasteiger partial charge in [-0.2, -0.15) is 9.97 Å². The van der Waals surface area contributed by atoms with Crippen molar-refractivity contribution in [2.24, 2.45) is 0 Å². The molecular weight excluding hydrogens is 827 g/mol. The van der Waals surface area contributed by atoms with Crippen LogP contribution in [0.15, 0.2) is 206 Å². The molecule has 4 heteroatoms. The monoisotopic (exact) mass is 873 g/mol. The molecule has 0 saturated carbocycles. The first kappa shape index (κ1) is 40.1. The van der Waals surface area contributed by atoms with Crippen LogP contribution in [0.5, 0.6) is 11.8 Å². The zero-order valence-corrected chi connectivity index (χ0v) is 38.5. The number of nitrogens with zero attached hydrogens (tertiary/aromatic N) is 3. The van der Waals surface area contributed by atoms with Crippen molar-refractivity contribution in [3.63, 3.8) is 0 Å². The largest absolute Gasteiger partial charge is 0.424 e. The molecule has 0 fully saturated rings. The molecule has 0 unspecified atom stereocenters. The van der Waals surface area contributed by atoms with Crippen LogP contribution in [0.25, 0.3) is 78.4 Å². The van der Waals surface area contributed by atoms with Crippen molar-refractivity contribution in [1.82, 2.24) is 15.0 Å². The number of aromatic nitrogens is 3. The third-order valence-corrected chi connectivity index (χ3v) is 15.0. The zero-order chi connectivity index (χ0) is 45.7. The Labute approximate surface area is 397 Å². The Morgan fingerprint density at radius 1 is 0.338 bits per heavy atom. The van der Waals surface area contributed by atoms with Crippen molar-refractivity contribution in [3.05, 3.63) is 245 Å². The summed E-state index contributed by atoms with van der Waals surface area (Å²) in [4.78, 5) is 14.9. The van der Waals surface area contributed by atoms with Crippen LogP contribution in [-0.2, 0) is 10.8 Å². The Balaban J connectivity index is 0.892. The molecule has 1 heterocycles. The lowest BCUT2D eigenvalue weighted by Crippen LogP contribution is -2.16. The van der Waals surface area contributed by atoms with E-state index >= 15 is 0 Å². The molecule has 4 nitrogen and oxygen atoms in total. The SMILES string of the molecule is CC1(C)c2ccccc2-c2cc3c(cc21)C(c1ccc(Oc2nc(-c4ccc(-c5ccccc5)cc4)nc(-c4ccc(-c5ccccc5)cc4)n2)cc1)c1cc2c(cc1-3)-c1ccccc1C2(C)C. The molecule has 0 radical (unpaired) electrons. The molecular formula is C64H47N3O. The van der Waals surface area contributed by atoms with Gasteiger partial charge in [0, 0.05) is 27.9 Å². The molecule has 324 valence electrons. The minimum atomic E-state index is -0.114. The molecule has 0 N–H and O–H groups in total. The molecule has 0 bridgehead atoms. The molecule has 3 aliphatic carbocycles. The molecule has 0 spiro atoms. The first-order valence-corrected chi connectivity index (χ1v) is 23.6. The summed E-state index contributed by atoms with van der Waals surface area (Å²) in [6.45, 7) is 9.50. The first-order valence-electron chi connectivity index (χ1n) is 23.6. The highest BCUT2D eigenvalue weighted by atomic mass is 16.5. The fourth-order valence-corrected chi connectivity index (χ4v) is 11.4. The van der Waals surface area contributed by atoms with E-state index in [9.17, 15) is 0 Å². The van der Waals surface area contributed by atoms with Crippen LogP contribution >= 0.6 is 0 Å². The van der Waals surface area contributed by atoms with E-state index in [0.717, 1.165) is 33.4 Å². The summed E-state index contributed by atoms with van der Waals surface area (Å²) >= 11 is 0. The van der Waals surface area contributed by atoms with Crippen LogP contribution in [0.3, 0.4) is 0 Å². The molecule has 0 saturated heterocycles. The number of fused-ring (bicyclic) bond motifs is 9. The maximum absolute atomic E-state index is 6.63. The van der Waals surface area contributed by atoms with Gasteiger partial charge in [-0.15, -0.1) is 0 Å². The van der Waals surface area contributed by atoms with E-state index in [4.69, 9.17) is 19.7 Å². The van der Waals surface area contributed by atoms with E-state index in [1.807, 2.05) is 12.1 Å². The van der Waals surface area contributed by atoms with Gasteiger partial charge in [0.1, 0.15) is 5.75 Å². The van der Waals surface area contributed by atoms with Gasteiger partial charge in [-0.1, -0.05) is 210 Å². The minimum absolute atomic E-state index is 0.0387. The Morgan fingerprint density at radius 2 is 0.735 bits per heavy atom. The molecule has 0 atom stereocenters. The lowest BCUT2D eigenvalue weighted by atomic mass is 9.79. The lowest BCUT2D eigenvalue weighted by Gasteiger charge is -2.24. The van der Waals surface area contributed by atoms with E-state index in [1.54, 1.807) is 0 Å². The minimum Gasteiger partial charge on any atom is -0.424 e. The fraction of sp³-hybridized carbons (Fsp3) is 0.109. The van der Waals surface area contributed by atoms with Crippen LogP contribution in [0.4, 0.5) is 0 Å². The number of hydrogen-bond donors (Lipinski definition) is 0. The van der Waals surface area contributed by atoms with Gasteiger partial charge in [-0.25, -0.2) is 4.98 Å². The van der Waals surface area contributed by atoms with Crippen LogP contribution in [-0.4, -0.2) is 15.0 Å². The van der Waals surface area contributed by atoms with Crippen molar-refractivity contribution in [3.8, 4) is 90.2 Å². The number of rotatable bonds is 7. The Morgan fingerprint density at radius 3 is 1.19 bits per heavy atom. The van der Waals surface area contributed by atoms with Crippen molar-refractivity contribution in [1.29, 1.82) is 0 Å². The molecule has 68 heavy (non-hydrogen) atoms. The third-order valence-electron chi connectivity index (χ3n) is 15.0. The van der Waals surface area contributed by atoms with Gasteiger partial charge < -0.3 is 4.74 Å². The van der Waals surface area contributed by atoms with Gasteiger partial charge >= 0.3 is 6.01 Å². The highest BCUT2D eigenvalue weighted by Crippen LogP contribution is 2.59. The average Bonchev–Trinajstić information content (AvgIpc) is 3.91. The predicted molar refractivity (Wildman–Crippen MR) is 276 cm³/mol. The molecule has 0 amide bonds. The maximum atomic E-state index is 6.63. The van der Waals surface area contributed by atoms with Gasteiger partial charge in [0.25, 0.3) is 0 Å². The summed E-state index contributed by atoms with van der Waals surface area (Å²) in [7, 11) is 0. The van der Waals surface area contributed by atoms with Gasteiger partial charge in [-0.3, -0.25) is 0 Å². The second-order valence-electron chi connectivity index (χ2n) is 19.6. The number of hydrogen-bond acceptors (Lipinski definition) is 4. The summed E-state index contributed by atoms with van der Waals surface area (Å²) in [5.41, 5.74) is 23.6. The molecule has 3 aliphatic rings. The third kappa shape index (κ3) is 6.32. The first-order chi connectivity index (χ1) is 33.2. The summed E-state index contributed by atoms with van der Waals surface area (Å²) in [5.74, 6) is 1.78. The fourth-order valence-electron chi connectivity index (χ4n) is 11.4.